The van der Waals surface area contributed by atoms with Gasteiger partial charge in [0.15, 0.2) is 0 Å². The molecule has 2 N–H and O–H groups in total. The van der Waals surface area contributed by atoms with Crippen LogP contribution in [0.15, 0.2) is 30.3 Å². The first kappa shape index (κ1) is 11.0. The van der Waals surface area contributed by atoms with Crippen LogP contribution in [0.5, 0.6) is 5.75 Å². The maximum absolute atomic E-state index is 5.76. The molecule has 0 saturated carbocycles. The smallest absolute Gasteiger partial charge is 0.119 e. The Morgan fingerprint density at radius 1 is 1.19 bits per heavy atom. The van der Waals surface area contributed by atoms with Crippen molar-refractivity contribution < 1.29 is 4.74 Å². The van der Waals surface area contributed by atoms with E-state index < -0.39 is 0 Å². The molecular weight excluding hydrogens is 198 g/mol. The maximum atomic E-state index is 5.76. The number of benzene rings is 2. The van der Waals surface area contributed by atoms with E-state index in [4.69, 9.17) is 10.5 Å². The van der Waals surface area contributed by atoms with Gasteiger partial charge in [-0.25, -0.2) is 0 Å². The van der Waals surface area contributed by atoms with Gasteiger partial charge in [-0.3, -0.25) is 0 Å². The number of ether oxygens (including phenoxy) is 1. The third-order valence-electron chi connectivity index (χ3n) is 3.01. The first-order chi connectivity index (χ1) is 7.80. The van der Waals surface area contributed by atoms with Gasteiger partial charge in [-0.05, 0) is 40.5 Å². The Morgan fingerprint density at radius 3 is 2.56 bits per heavy atom. The topological polar surface area (TPSA) is 35.2 Å². The summed E-state index contributed by atoms with van der Waals surface area (Å²) in [7, 11) is 1.69. The lowest BCUT2D eigenvalue weighted by Crippen LogP contribution is -2.01. The van der Waals surface area contributed by atoms with E-state index in [1.54, 1.807) is 7.11 Å². The molecule has 0 heterocycles. The molecule has 0 unspecified atom stereocenters. The van der Waals surface area contributed by atoms with E-state index in [2.05, 4.69) is 31.2 Å². The summed E-state index contributed by atoms with van der Waals surface area (Å²) in [6.07, 6.45) is 0.997. The van der Waals surface area contributed by atoms with Crippen LogP contribution in [0.4, 0.5) is 0 Å². The van der Waals surface area contributed by atoms with Crippen LogP contribution in [0.1, 0.15) is 18.1 Å². The van der Waals surface area contributed by atoms with E-state index in [-0.39, 0.29) is 0 Å². The molecule has 2 rings (SSSR count). The number of fused-ring (bicyclic) bond motifs is 1. The van der Waals surface area contributed by atoms with Gasteiger partial charge in [-0.15, -0.1) is 0 Å². The number of methoxy groups -OCH3 is 1. The van der Waals surface area contributed by atoms with E-state index in [1.165, 1.54) is 21.9 Å². The molecule has 0 amide bonds. The van der Waals surface area contributed by atoms with Crippen molar-refractivity contribution in [3.8, 4) is 5.75 Å². The predicted molar refractivity (Wildman–Crippen MR) is 67.8 cm³/mol. The molecule has 0 bridgehead atoms. The van der Waals surface area contributed by atoms with Crippen LogP contribution >= 0.6 is 0 Å². The van der Waals surface area contributed by atoms with Crippen LogP contribution in [0, 0.1) is 0 Å². The summed E-state index contributed by atoms with van der Waals surface area (Å²) in [6.45, 7) is 2.75. The molecule has 16 heavy (non-hydrogen) atoms. The second-order valence-electron chi connectivity index (χ2n) is 3.85. The molecule has 0 fully saturated rings. The Bertz CT molecular complexity index is 500. The van der Waals surface area contributed by atoms with Crippen LogP contribution in [-0.4, -0.2) is 7.11 Å². The summed E-state index contributed by atoms with van der Waals surface area (Å²) in [6, 6.07) is 10.4. The summed E-state index contributed by atoms with van der Waals surface area (Å²) in [5, 5.41) is 2.50. The highest BCUT2D eigenvalue weighted by Gasteiger charge is 2.05. The summed E-state index contributed by atoms with van der Waals surface area (Å²) < 4.78 is 5.26. The van der Waals surface area contributed by atoms with Crippen molar-refractivity contribution >= 4 is 10.8 Å². The van der Waals surface area contributed by atoms with Crippen LogP contribution in [0.3, 0.4) is 0 Å². The number of hydrogen-bond donors (Lipinski definition) is 1. The third kappa shape index (κ3) is 1.76. The lowest BCUT2D eigenvalue weighted by atomic mass is 9.97. The van der Waals surface area contributed by atoms with Crippen molar-refractivity contribution in [1.82, 2.24) is 0 Å². The molecule has 2 nitrogen and oxygen atoms in total. The Hall–Kier alpha value is -1.54. The van der Waals surface area contributed by atoms with Gasteiger partial charge in [0, 0.05) is 6.54 Å². The van der Waals surface area contributed by atoms with E-state index in [0.29, 0.717) is 6.54 Å². The fraction of sp³-hybridized carbons (Fsp3) is 0.286. The van der Waals surface area contributed by atoms with Crippen LogP contribution in [-0.2, 0) is 13.0 Å². The van der Waals surface area contributed by atoms with Crippen LogP contribution < -0.4 is 10.5 Å². The van der Waals surface area contributed by atoms with Gasteiger partial charge >= 0.3 is 0 Å². The molecule has 2 heteroatoms. The van der Waals surface area contributed by atoms with Gasteiger partial charge in [0.1, 0.15) is 5.75 Å². The van der Waals surface area contributed by atoms with Crippen molar-refractivity contribution in [2.45, 2.75) is 19.9 Å². The molecule has 84 valence electrons. The molecule has 0 saturated heterocycles. The third-order valence-corrected chi connectivity index (χ3v) is 3.01. The molecule has 0 aliphatic heterocycles. The zero-order valence-electron chi connectivity index (χ0n) is 9.79. The lowest BCUT2D eigenvalue weighted by Gasteiger charge is -2.11. The predicted octanol–water partition coefficient (Wildman–Crippen LogP) is 2.87. The van der Waals surface area contributed by atoms with E-state index in [9.17, 15) is 0 Å². The molecule has 0 spiro atoms. The first-order valence-corrected chi connectivity index (χ1v) is 5.58. The zero-order valence-corrected chi connectivity index (χ0v) is 9.79. The van der Waals surface area contributed by atoms with Gasteiger partial charge in [0.05, 0.1) is 7.11 Å². The minimum absolute atomic E-state index is 0.594. The molecule has 0 atom stereocenters. The Balaban J connectivity index is 2.73. The van der Waals surface area contributed by atoms with Gasteiger partial charge in [-0.1, -0.05) is 25.1 Å². The molecule has 2 aromatic carbocycles. The molecule has 0 aliphatic carbocycles. The normalized spacial score (nSPS) is 10.7. The molecule has 0 radical (unpaired) electrons. The van der Waals surface area contributed by atoms with Crippen molar-refractivity contribution in [1.29, 1.82) is 0 Å². The largest absolute Gasteiger partial charge is 0.497 e. The van der Waals surface area contributed by atoms with Gasteiger partial charge in [0.25, 0.3) is 0 Å². The lowest BCUT2D eigenvalue weighted by molar-refractivity contribution is 0.415. The average Bonchev–Trinajstić information content (AvgIpc) is 2.36. The van der Waals surface area contributed by atoms with Gasteiger partial charge < -0.3 is 10.5 Å². The quantitative estimate of drug-likeness (QED) is 0.854. The van der Waals surface area contributed by atoms with Crippen LogP contribution in [0.25, 0.3) is 10.8 Å². The SMILES string of the molecule is CCc1c(CN)ccc2ccc(OC)cc12. The molecular formula is C14H17NO. The van der Waals surface area contributed by atoms with Gasteiger partial charge in [0.2, 0.25) is 0 Å². The van der Waals surface area contributed by atoms with E-state index in [0.717, 1.165) is 12.2 Å². The summed E-state index contributed by atoms with van der Waals surface area (Å²) in [5.74, 6) is 0.899. The minimum Gasteiger partial charge on any atom is -0.497 e. The van der Waals surface area contributed by atoms with Gasteiger partial charge in [-0.2, -0.15) is 0 Å². The molecule has 2 aromatic rings. The summed E-state index contributed by atoms with van der Waals surface area (Å²) in [5.41, 5.74) is 8.31. The fourth-order valence-electron chi connectivity index (χ4n) is 2.14. The monoisotopic (exact) mass is 215 g/mol. The summed E-state index contributed by atoms with van der Waals surface area (Å²) in [4.78, 5) is 0. The Morgan fingerprint density at radius 2 is 1.94 bits per heavy atom. The van der Waals surface area contributed by atoms with Crippen molar-refractivity contribution in [3.63, 3.8) is 0 Å². The van der Waals surface area contributed by atoms with E-state index >= 15 is 0 Å². The maximum Gasteiger partial charge on any atom is 0.119 e. The van der Waals surface area contributed by atoms with Crippen molar-refractivity contribution in [2.75, 3.05) is 7.11 Å². The summed E-state index contributed by atoms with van der Waals surface area (Å²) >= 11 is 0. The molecule has 0 aromatic heterocycles. The molecule has 0 aliphatic rings. The Kier molecular flexibility index (Phi) is 3.11. The Labute approximate surface area is 96.0 Å². The first-order valence-electron chi connectivity index (χ1n) is 5.58. The standard InChI is InChI=1S/C14H17NO/c1-3-13-11(9-15)5-4-10-6-7-12(16-2)8-14(10)13/h4-8H,3,9,15H2,1-2H3. The minimum atomic E-state index is 0.594. The van der Waals surface area contributed by atoms with Crippen LogP contribution in [0.2, 0.25) is 0 Å². The highest BCUT2D eigenvalue weighted by Crippen LogP contribution is 2.26. The van der Waals surface area contributed by atoms with Crippen molar-refractivity contribution in [2.24, 2.45) is 5.73 Å². The second kappa shape index (κ2) is 4.54. The second-order valence-corrected chi connectivity index (χ2v) is 3.85. The zero-order chi connectivity index (χ0) is 11.5. The van der Waals surface area contributed by atoms with E-state index in [1.807, 2.05) is 6.07 Å². The fourth-order valence-corrected chi connectivity index (χ4v) is 2.14. The average molecular weight is 215 g/mol. The highest BCUT2D eigenvalue weighted by molar-refractivity contribution is 5.88. The number of nitrogens with two attached hydrogens (primary N) is 1. The van der Waals surface area contributed by atoms with Crippen molar-refractivity contribution in [3.05, 3.63) is 41.5 Å². The number of hydrogen-bond acceptors (Lipinski definition) is 2. The number of aryl methyl sites for hydroxylation is 1. The highest BCUT2D eigenvalue weighted by atomic mass is 16.5. The number of rotatable bonds is 3.